The SMILES string of the molecule is Cc1cc(C)n(-c2ccc(Cl)c(C(=O)NCCc3ccccc3F)n2)n1. The summed E-state index contributed by atoms with van der Waals surface area (Å²) in [6.45, 7) is 4.07. The summed E-state index contributed by atoms with van der Waals surface area (Å²) < 4.78 is 15.3. The van der Waals surface area contributed by atoms with Gasteiger partial charge in [-0.05, 0) is 50.1 Å². The molecule has 5 nitrogen and oxygen atoms in total. The lowest BCUT2D eigenvalue weighted by Crippen LogP contribution is -2.27. The van der Waals surface area contributed by atoms with E-state index in [1.807, 2.05) is 19.9 Å². The van der Waals surface area contributed by atoms with Crippen LogP contribution in [0.5, 0.6) is 0 Å². The Morgan fingerprint density at radius 2 is 2.00 bits per heavy atom. The number of hydrogen-bond acceptors (Lipinski definition) is 3. The lowest BCUT2D eigenvalue weighted by molar-refractivity contribution is 0.0949. The lowest BCUT2D eigenvalue weighted by atomic mass is 10.1. The van der Waals surface area contributed by atoms with E-state index in [2.05, 4.69) is 15.4 Å². The molecule has 3 aromatic rings. The Morgan fingerprint density at radius 3 is 2.69 bits per heavy atom. The van der Waals surface area contributed by atoms with Crippen LogP contribution >= 0.6 is 11.6 Å². The first-order valence-electron chi connectivity index (χ1n) is 8.17. The molecule has 1 N–H and O–H groups in total. The van der Waals surface area contributed by atoms with Crippen LogP contribution in [0.1, 0.15) is 27.4 Å². The molecule has 7 heteroatoms. The fraction of sp³-hybridized carbons (Fsp3) is 0.211. The van der Waals surface area contributed by atoms with Crippen LogP contribution in [0.3, 0.4) is 0 Å². The number of aromatic nitrogens is 3. The topological polar surface area (TPSA) is 59.8 Å². The van der Waals surface area contributed by atoms with E-state index in [1.165, 1.54) is 6.07 Å². The summed E-state index contributed by atoms with van der Waals surface area (Å²) in [7, 11) is 0. The fourth-order valence-corrected chi connectivity index (χ4v) is 2.86. The second-order valence-corrected chi connectivity index (χ2v) is 6.34. The zero-order valence-corrected chi connectivity index (χ0v) is 15.2. The van der Waals surface area contributed by atoms with Gasteiger partial charge >= 0.3 is 0 Å². The first kappa shape index (κ1) is 18.1. The van der Waals surface area contributed by atoms with Gasteiger partial charge in [0.1, 0.15) is 11.5 Å². The van der Waals surface area contributed by atoms with Crippen molar-refractivity contribution in [1.82, 2.24) is 20.1 Å². The van der Waals surface area contributed by atoms with E-state index >= 15 is 0 Å². The highest BCUT2D eigenvalue weighted by atomic mass is 35.5. The zero-order chi connectivity index (χ0) is 18.7. The van der Waals surface area contributed by atoms with Crippen molar-refractivity contribution in [1.29, 1.82) is 0 Å². The molecule has 0 unspecified atom stereocenters. The molecular formula is C19H18ClFN4O. The molecule has 1 amide bonds. The average Bonchev–Trinajstić information content (AvgIpc) is 2.95. The van der Waals surface area contributed by atoms with Gasteiger partial charge in [-0.3, -0.25) is 4.79 Å². The number of nitrogens with zero attached hydrogens (tertiary/aromatic N) is 3. The van der Waals surface area contributed by atoms with Gasteiger partial charge in [0.2, 0.25) is 0 Å². The summed E-state index contributed by atoms with van der Waals surface area (Å²) in [6, 6.07) is 11.7. The summed E-state index contributed by atoms with van der Waals surface area (Å²) in [6.07, 6.45) is 0.382. The molecule has 0 fully saturated rings. The van der Waals surface area contributed by atoms with Gasteiger partial charge in [0.15, 0.2) is 5.82 Å². The van der Waals surface area contributed by atoms with Gasteiger partial charge in [0.05, 0.1) is 10.7 Å². The van der Waals surface area contributed by atoms with E-state index in [1.54, 1.807) is 35.0 Å². The smallest absolute Gasteiger partial charge is 0.271 e. The summed E-state index contributed by atoms with van der Waals surface area (Å²) in [4.78, 5) is 16.8. The second-order valence-electron chi connectivity index (χ2n) is 5.94. The van der Waals surface area contributed by atoms with Crippen molar-refractivity contribution < 1.29 is 9.18 Å². The first-order chi connectivity index (χ1) is 12.5. The maximum absolute atomic E-state index is 13.6. The van der Waals surface area contributed by atoms with Crippen LogP contribution in [-0.4, -0.2) is 27.2 Å². The maximum atomic E-state index is 13.6. The molecule has 0 saturated carbocycles. The van der Waals surface area contributed by atoms with Gasteiger partial charge in [-0.25, -0.2) is 14.1 Å². The molecule has 1 aromatic carbocycles. The van der Waals surface area contributed by atoms with Gasteiger partial charge in [-0.1, -0.05) is 29.8 Å². The Kier molecular flexibility index (Phi) is 5.32. The van der Waals surface area contributed by atoms with E-state index in [-0.39, 0.29) is 23.1 Å². The number of benzene rings is 1. The van der Waals surface area contributed by atoms with Crippen LogP contribution in [0, 0.1) is 19.7 Å². The van der Waals surface area contributed by atoms with Crippen LogP contribution in [0.25, 0.3) is 5.82 Å². The maximum Gasteiger partial charge on any atom is 0.271 e. The van der Waals surface area contributed by atoms with Crippen molar-refractivity contribution in [2.75, 3.05) is 6.54 Å². The number of nitrogens with one attached hydrogen (secondary N) is 1. The van der Waals surface area contributed by atoms with Gasteiger partial charge in [0, 0.05) is 12.2 Å². The monoisotopic (exact) mass is 372 g/mol. The largest absolute Gasteiger partial charge is 0.350 e. The molecule has 0 aliphatic carbocycles. The van der Waals surface area contributed by atoms with E-state index in [4.69, 9.17) is 11.6 Å². The molecule has 2 heterocycles. The standard InChI is InChI=1S/C19H18ClFN4O/c1-12-11-13(2)25(24-12)17-8-7-15(20)18(23-17)19(26)22-10-9-14-5-3-4-6-16(14)21/h3-8,11H,9-10H2,1-2H3,(H,22,26). The Balaban J connectivity index is 1.74. The summed E-state index contributed by atoms with van der Waals surface area (Å²) >= 11 is 6.13. The molecule has 2 aromatic heterocycles. The van der Waals surface area contributed by atoms with Crippen molar-refractivity contribution in [3.8, 4) is 5.82 Å². The van der Waals surface area contributed by atoms with E-state index in [0.29, 0.717) is 17.8 Å². The number of carbonyl (C=O) groups is 1. The number of carbonyl (C=O) groups excluding carboxylic acids is 1. The third kappa shape index (κ3) is 3.91. The molecule has 0 bridgehead atoms. The Labute approximate surface area is 155 Å². The number of rotatable bonds is 5. The first-order valence-corrected chi connectivity index (χ1v) is 8.55. The number of aryl methyl sites for hydroxylation is 2. The predicted octanol–water partition coefficient (Wildman–Crippen LogP) is 3.65. The van der Waals surface area contributed by atoms with Crippen LogP contribution < -0.4 is 5.32 Å². The number of amides is 1. The van der Waals surface area contributed by atoms with Gasteiger partial charge in [-0.2, -0.15) is 5.10 Å². The number of pyridine rings is 1. The zero-order valence-electron chi connectivity index (χ0n) is 14.5. The molecular weight excluding hydrogens is 355 g/mol. The average molecular weight is 373 g/mol. The van der Waals surface area contributed by atoms with Crippen molar-refractivity contribution >= 4 is 17.5 Å². The molecule has 0 spiro atoms. The molecule has 26 heavy (non-hydrogen) atoms. The van der Waals surface area contributed by atoms with Crippen LogP contribution in [-0.2, 0) is 6.42 Å². The van der Waals surface area contributed by atoms with Crippen molar-refractivity contribution in [3.05, 3.63) is 75.9 Å². The van der Waals surface area contributed by atoms with E-state index in [0.717, 1.165) is 11.4 Å². The quantitative estimate of drug-likeness (QED) is 0.743. The minimum Gasteiger partial charge on any atom is -0.350 e. The minimum atomic E-state index is -0.408. The Bertz CT molecular complexity index is 954. The molecule has 0 saturated heterocycles. The molecule has 0 atom stereocenters. The molecule has 0 radical (unpaired) electrons. The second kappa shape index (κ2) is 7.66. The highest BCUT2D eigenvalue weighted by Crippen LogP contribution is 2.18. The third-order valence-electron chi connectivity index (χ3n) is 3.91. The Morgan fingerprint density at radius 1 is 1.23 bits per heavy atom. The van der Waals surface area contributed by atoms with E-state index in [9.17, 15) is 9.18 Å². The van der Waals surface area contributed by atoms with Crippen molar-refractivity contribution in [2.45, 2.75) is 20.3 Å². The van der Waals surface area contributed by atoms with Crippen LogP contribution in [0.2, 0.25) is 5.02 Å². The summed E-state index contributed by atoms with van der Waals surface area (Å²) in [5.41, 5.74) is 2.42. The lowest BCUT2D eigenvalue weighted by Gasteiger charge is -2.09. The number of halogens is 2. The highest BCUT2D eigenvalue weighted by molar-refractivity contribution is 6.33. The number of hydrogen-bond donors (Lipinski definition) is 1. The van der Waals surface area contributed by atoms with Crippen molar-refractivity contribution in [3.63, 3.8) is 0 Å². The molecule has 134 valence electrons. The Hall–Kier alpha value is -2.73. The fourth-order valence-electron chi connectivity index (χ4n) is 2.67. The third-order valence-corrected chi connectivity index (χ3v) is 4.22. The molecule has 0 aliphatic rings. The van der Waals surface area contributed by atoms with Gasteiger partial charge < -0.3 is 5.32 Å². The summed E-state index contributed by atoms with van der Waals surface area (Å²) in [5.74, 6) is -0.182. The molecule has 0 aliphatic heterocycles. The van der Waals surface area contributed by atoms with Crippen LogP contribution in [0.4, 0.5) is 4.39 Å². The predicted molar refractivity (Wildman–Crippen MR) is 98.3 cm³/mol. The highest BCUT2D eigenvalue weighted by Gasteiger charge is 2.15. The van der Waals surface area contributed by atoms with Crippen molar-refractivity contribution in [2.24, 2.45) is 0 Å². The minimum absolute atomic E-state index is 0.116. The van der Waals surface area contributed by atoms with Gasteiger partial charge in [-0.15, -0.1) is 0 Å². The van der Waals surface area contributed by atoms with Crippen LogP contribution in [0.15, 0.2) is 42.5 Å². The molecule has 3 rings (SSSR count). The normalized spacial score (nSPS) is 10.8. The summed E-state index contributed by atoms with van der Waals surface area (Å²) in [5, 5.41) is 7.34. The van der Waals surface area contributed by atoms with Gasteiger partial charge in [0.25, 0.3) is 5.91 Å². The van der Waals surface area contributed by atoms with E-state index < -0.39 is 5.91 Å².